The first-order valence-corrected chi connectivity index (χ1v) is 6.60. The second-order valence-corrected chi connectivity index (χ2v) is 6.00. The van der Waals surface area contributed by atoms with E-state index in [0.717, 1.165) is 30.4 Å². The summed E-state index contributed by atoms with van der Waals surface area (Å²) in [5.74, 6) is 1.83. The summed E-state index contributed by atoms with van der Waals surface area (Å²) in [6, 6.07) is 7.11. The quantitative estimate of drug-likeness (QED) is 0.843. The SMILES string of the molecule is CNCC1(Cc2cccc(F)c2)CC2CC2C1. The zero-order valence-electron chi connectivity index (χ0n) is 10.4. The van der Waals surface area contributed by atoms with E-state index in [1.807, 2.05) is 13.1 Å². The molecule has 17 heavy (non-hydrogen) atoms. The highest BCUT2D eigenvalue weighted by atomic mass is 19.1. The van der Waals surface area contributed by atoms with E-state index in [2.05, 4.69) is 11.4 Å². The van der Waals surface area contributed by atoms with E-state index in [1.165, 1.54) is 25.3 Å². The number of rotatable bonds is 4. The Morgan fingerprint density at radius 3 is 2.76 bits per heavy atom. The van der Waals surface area contributed by atoms with Crippen LogP contribution >= 0.6 is 0 Å². The lowest BCUT2D eigenvalue weighted by molar-refractivity contribution is 0.255. The molecule has 2 aliphatic carbocycles. The molecule has 0 amide bonds. The molecule has 0 heterocycles. The van der Waals surface area contributed by atoms with Gasteiger partial charge >= 0.3 is 0 Å². The third-order valence-electron chi connectivity index (χ3n) is 4.48. The minimum Gasteiger partial charge on any atom is -0.319 e. The lowest BCUT2D eigenvalue weighted by Crippen LogP contribution is -2.33. The highest BCUT2D eigenvalue weighted by Gasteiger charge is 2.53. The molecule has 0 aliphatic heterocycles. The lowest BCUT2D eigenvalue weighted by atomic mass is 9.77. The van der Waals surface area contributed by atoms with Gasteiger partial charge in [-0.05, 0) is 67.7 Å². The smallest absolute Gasteiger partial charge is 0.123 e. The van der Waals surface area contributed by atoms with Crippen molar-refractivity contribution in [2.45, 2.75) is 25.7 Å². The molecular formula is C15H20FN. The Bertz CT molecular complexity index is 405. The first-order chi connectivity index (χ1) is 8.21. The predicted octanol–water partition coefficient (Wildman–Crippen LogP) is 3.00. The van der Waals surface area contributed by atoms with Gasteiger partial charge in [0.2, 0.25) is 0 Å². The Balaban J connectivity index is 1.76. The van der Waals surface area contributed by atoms with Crippen LogP contribution in [-0.2, 0) is 6.42 Å². The molecule has 1 N–H and O–H groups in total. The number of nitrogens with one attached hydrogen (secondary N) is 1. The highest BCUT2D eigenvalue weighted by Crippen LogP contribution is 2.60. The minimum atomic E-state index is -0.106. The summed E-state index contributed by atoms with van der Waals surface area (Å²) in [6.07, 6.45) is 5.12. The zero-order chi connectivity index (χ0) is 11.9. The molecule has 2 fully saturated rings. The van der Waals surface area contributed by atoms with Crippen molar-refractivity contribution in [2.75, 3.05) is 13.6 Å². The monoisotopic (exact) mass is 233 g/mol. The lowest BCUT2D eigenvalue weighted by Gasteiger charge is -2.31. The van der Waals surface area contributed by atoms with E-state index in [-0.39, 0.29) is 5.82 Å². The molecule has 2 unspecified atom stereocenters. The van der Waals surface area contributed by atoms with Gasteiger partial charge in [0.15, 0.2) is 0 Å². The van der Waals surface area contributed by atoms with Crippen molar-refractivity contribution in [2.24, 2.45) is 17.3 Å². The van der Waals surface area contributed by atoms with Gasteiger partial charge in [0.1, 0.15) is 5.82 Å². The Labute approximate surface area is 102 Å². The van der Waals surface area contributed by atoms with Gasteiger partial charge in [-0.2, -0.15) is 0 Å². The predicted molar refractivity (Wildman–Crippen MR) is 67.3 cm³/mol. The van der Waals surface area contributed by atoms with Gasteiger partial charge in [0, 0.05) is 6.54 Å². The van der Waals surface area contributed by atoms with Gasteiger partial charge < -0.3 is 5.32 Å². The summed E-state index contributed by atoms with van der Waals surface area (Å²) in [6.45, 7) is 1.07. The van der Waals surface area contributed by atoms with Crippen molar-refractivity contribution in [3.8, 4) is 0 Å². The van der Waals surface area contributed by atoms with Gasteiger partial charge in [-0.25, -0.2) is 4.39 Å². The number of hydrogen-bond donors (Lipinski definition) is 1. The fraction of sp³-hybridized carbons (Fsp3) is 0.600. The largest absolute Gasteiger partial charge is 0.319 e. The second kappa shape index (κ2) is 4.09. The average molecular weight is 233 g/mol. The van der Waals surface area contributed by atoms with Gasteiger partial charge in [0.05, 0.1) is 0 Å². The topological polar surface area (TPSA) is 12.0 Å². The first kappa shape index (κ1) is 11.2. The van der Waals surface area contributed by atoms with Crippen molar-refractivity contribution in [1.82, 2.24) is 5.32 Å². The van der Waals surface area contributed by atoms with E-state index in [9.17, 15) is 4.39 Å². The van der Waals surface area contributed by atoms with E-state index < -0.39 is 0 Å². The molecule has 1 nitrogen and oxygen atoms in total. The summed E-state index contributed by atoms with van der Waals surface area (Å²) in [5, 5.41) is 3.33. The Hall–Kier alpha value is -0.890. The zero-order valence-corrected chi connectivity index (χ0v) is 10.4. The Kier molecular flexibility index (Phi) is 2.70. The average Bonchev–Trinajstić information content (AvgIpc) is 2.87. The maximum Gasteiger partial charge on any atom is 0.123 e. The summed E-state index contributed by atoms with van der Waals surface area (Å²) in [7, 11) is 2.03. The summed E-state index contributed by atoms with van der Waals surface area (Å²) >= 11 is 0. The van der Waals surface area contributed by atoms with Crippen LogP contribution in [0, 0.1) is 23.1 Å². The van der Waals surface area contributed by atoms with Crippen LogP contribution in [0.2, 0.25) is 0 Å². The first-order valence-electron chi connectivity index (χ1n) is 6.60. The second-order valence-electron chi connectivity index (χ2n) is 6.00. The highest BCUT2D eigenvalue weighted by molar-refractivity contribution is 5.20. The van der Waals surface area contributed by atoms with Crippen molar-refractivity contribution in [1.29, 1.82) is 0 Å². The van der Waals surface area contributed by atoms with Crippen LogP contribution in [0.3, 0.4) is 0 Å². The van der Waals surface area contributed by atoms with Crippen LogP contribution in [-0.4, -0.2) is 13.6 Å². The molecular weight excluding hydrogens is 213 g/mol. The van der Waals surface area contributed by atoms with E-state index in [4.69, 9.17) is 0 Å². The summed E-state index contributed by atoms with van der Waals surface area (Å²) in [4.78, 5) is 0. The van der Waals surface area contributed by atoms with Crippen LogP contribution in [0.25, 0.3) is 0 Å². The number of benzene rings is 1. The van der Waals surface area contributed by atoms with Gasteiger partial charge in [-0.3, -0.25) is 0 Å². The standard InChI is InChI=1S/C15H20FN/c1-17-10-15(8-12-6-13(12)9-15)7-11-3-2-4-14(16)5-11/h2-5,12-13,17H,6-10H2,1H3. The van der Waals surface area contributed by atoms with E-state index in [1.54, 1.807) is 6.07 Å². The van der Waals surface area contributed by atoms with Gasteiger partial charge in [0.25, 0.3) is 0 Å². The normalized spacial score (nSPS) is 34.7. The number of fused-ring (bicyclic) bond motifs is 1. The molecule has 0 radical (unpaired) electrons. The van der Waals surface area contributed by atoms with Crippen molar-refractivity contribution >= 4 is 0 Å². The molecule has 3 rings (SSSR count). The van der Waals surface area contributed by atoms with Crippen molar-refractivity contribution in [3.63, 3.8) is 0 Å². The minimum absolute atomic E-state index is 0.106. The fourth-order valence-electron chi connectivity index (χ4n) is 3.81. The summed E-state index contributed by atoms with van der Waals surface area (Å²) < 4.78 is 13.2. The van der Waals surface area contributed by atoms with Gasteiger partial charge in [-0.15, -0.1) is 0 Å². The van der Waals surface area contributed by atoms with Crippen LogP contribution in [0.4, 0.5) is 4.39 Å². The molecule has 2 atom stereocenters. The molecule has 0 spiro atoms. The molecule has 2 saturated carbocycles. The molecule has 1 aromatic carbocycles. The molecule has 0 bridgehead atoms. The number of halogens is 1. The maximum absolute atomic E-state index is 13.2. The Morgan fingerprint density at radius 1 is 1.35 bits per heavy atom. The van der Waals surface area contributed by atoms with Crippen molar-refractivity contribution in [3.05, 3.63) is 35.6 Å². The van der Waals surface area contributed by atoms with E-state index >= 15 is 0 Å². The van der Waals surface area contributed by atoms with Gasteiger partial charge in [-0.1, -0.05) is 12.1 Å². The van der Waals surface area contributed by atoms with E-state index in [0.29, 0.717) is 5.41 Å². The van der Waals surface area contributed by atoms with Crippen LogP contribution in [0.1, 0.15) is 24.8 Å². The molecule has 2 heteroatoms. The molecule has 0 saturated heterocycles. The molecule has 92 valence electrons. The molecule has 1 aromatic rings. The third-order valence-corrected chi connectivity index (χ3v) is 4.48. The maximum atomic E-state index is 13.2. The van der Waals surface area contributed by atoms with Crippen LogP contribution < -0.4 is 5.32 Å². The van der Waals surface area contributed by atoms with Crippen LogP contribution in [0.15, 0.2) is 24.3 Å². The molecule has 0 aromatic heterocycles. The summed E-state index contributed by atoms with van der Waals surface area (Å²) in [5.41, 5.74) is 1.54. The number of hydrogen-bond acceptors (Lipinski definition) is 1. The fourth-order valence-corrected chi connectivity index (χ4v) is 3.81. The third kappa shape index (κ3) is 2.23. The van der Waals surface area contributed by atoms with Crippen LogP contribution in [0.5, 0.6) is 0 Å². The Morgan fingerprint density at radius 2 is 2.12 bits per heavy atom. The molecule has 2 aliphatic rings. The van der Waals surface area contributed by atoms with Crippen molar-refractivity contribution < 1.29 is 4.39 Å².